The summed E-state index contributed by atoms with van der Waals surface area (Å²) in [5, 5.41) is 2.06. The summed E-state index contributed by atoms with van der Waals surface area (Å²) in [7, 11) is 0. The molecule has 2 aliphatic rings. The molecular formula is C21H24ClN5. The summed E-state index contributed by atoms with van der Waals surface area (Å²) >= 11 is 6.28. The summed E-state index contributed by atoms with van der Waals surface area (Å²) in [4.78, 5) is 19.8. The molecule has 0 saturated heterocycles. The Labute approximate surface area is 164 Å². The molecule has 1 aromatic carbocycles. The largest absolute Gasteiger partial charge is 0.356 e. The van der Waals surface area contributed by atoms with Crippen LogP contribution in [0.2, 0.25) is 5.02 Å². The SMILES string of the molecule is Cc1nc(C)nc(N2CCc3c([nH]c4ccc(Cl)cc34)C2CC2CCC2)n1. The van der Waals surface area contributed by atoms with Gasteiger partial charge in [-0.05, 0) is 56.4 Å². The van der Waals surface area contributed by atoms with E-state index in [0.29, 0.717) is 0 Å². The molecule has 6 heteroatoms. The number of fused-ring (bicyclic) bond motifs is 3. The first-order chi connectivity index (χ1) is 13.1. The van der Waals surface area contributed by atoms with Crippen molar-refractivity contribution in [2.75, 3.05) is 11.4 Å². The fraction of sp³-hybridized carbons (Fsp3) is 0.476. The Kier molecular flexibility index (Phi) is 4.08. The van der Waals surface area contributed by atoms with Gasteiger partial charge in [-0.1, -0.05) is 30.9 Å². The van der Waals surface area contributed by atoms with Crippen LogP contribution in [0.25, 0.3) is 10.9 Å². The topological polar surface area (TPSA) is 57.7 Å². The predicted molar refractivity (Wildman–Crippen MR) is 108 cm³/mol. The zero-order valence-corrected chi connectivity index (χ0v) is 16.6. The summed E-state index contributed by atoms with van der Waals surface area (Å²) in [6.07, 6.45) is 6.15. The van der Waals surface area contributed by atoms with E-state index in [4.69, 9.17) is 11.6 Å². The van der Waals surface area contributed by atoms with Crippen molar-refractivity contribution in [3.05, 3.63) is 46.1 Å². The van der Waals surface area contributed by atoms with Gasteiger partial charge in [0.05, 0.1) is 6.04 Å². The first-order valence-corrected chi connectivity index (χ1v) is 10.2. The third-order valence-corrected chi connectivity index (χ3v) is 6.33. The van der Waals surface area contributed by atoms with Crippen molar-refractivity contribution in [2.24, 2.45) is 5.92 Å². The molecule has 1 unspecified atom stereocenters. The molecule has 3 heterocycles. The molecule has 1 aliphatic carbocycles. The highest BCUT2D eigenvalue weighted by molar-refractivity contribution is 6.31. The van der Waals surface area contributed by atoms with Gasteiger partial charge in [0.15, 0.2) is 0 Å². The minimum atomic E-state index is 0.284. The zero-order valence-electron chi connectivity index (χ0n) is 15.8. The van der Waals surface area contributed by atoms with E-state index in [1.165, 1.54) is 41.4 Å². The van der Waals surface area contributed by atoms with Crippen molar-refractivity contribution in [3.63, 3.8) is 0 Å². The van der Waals surface area contributed by atoms with E-state index in [9.17, 15) is 0 Å². The van der Waals surface area contributed by atoms with E-state index in [-0.39, 0.29) is 6.04 Å². The first-order valence-electron chi connectivity index (χ1n) is 9.84. The molecule has 1 aliphatic heterocycles. The number of nitrogens with zero attached hydrogens (tertiary/aromatic N) is 4. The number of benzene rings is 1. The second kappa shape index (κ2) is 6.48. The Bertz CT molecular complexity index is 987. The Morgan fingerprint density at radius 1 is 1.15 bits per heavy atom. The maximum atomic E-state index is 6.28. The second-order valence-corrected chi connectivity index (χ2v) is 8.37. The molecule has 1 atom stereocenters. The number of anilines is 1. The highest BCUT2D eigenvalue weighted by Crippen LogP contribution is 2.43. The molecule has 0 amide bonds. The minimum Gasteiger partial charge on any atom is -0.356 e. The smallest absolute Gasteiger partial charge is 0.229 e. The van der Waals surface area contributed by atoms with Crippen molar-refractivity contribution in [2.45, 2.75) is 52.0 Å². The van der Waals surface area contributed by atoms with E-state index in [2.05, 4.69) is 37.0 Å². The number of hydrogen-bond donors (Lipinski definition) is 1. The van der Waals surface area contributed by atoms with Gasteiger partial charge in [0.2, 0.25) is 5.95 Å². The van der Waals surface area contributed by atoms with Gasteiger partial charge in [-0.25, -0.2) is 4.98 Å². The van der Waals surface area contributed by atoms with E-state index in [1.54, 1.807) is 0 Å². The van der Waals surface area contributed by atoms with Gasteiger partial charge >= 0.3 is 0 Å². The Balaban J connectivity index is 1.61. The normalized spacial score (nSPS) is 20.0. The lowest BCUT2D eigenvalue weighted by atomic mass is 9.79. The van der Waals surface area contributed by atoms with Crippen molar-refractivity contribution in [3.8, 4) is 0 Å². The summed E-state index contributed by atoms with van der Waals surface area (Å²) in [5.41, 5.74) is 3.91. The summed E-state index contributed by atoms with van der Waals surface area (Å²) in [5.74, 6) is 3.18. The number of halogens is 1. The number of aromatic amines is 1. The average molecular weight is 382 g/mol. The van der Waals surface area contributed by atoms with Crippen LogP contribution in [0.5, 0.6) is 0 Å². The molecule has 27 heavy (non-hydrogen) atoms. The van der Waals surface area contributed by atoms with Crippen molar-refractivity contribution in [1.29, 1.82) is 0 Å². The van der Waals surface area contributed by atoms with Crippen LogP contribution in [-0.2, 0) is 6.42 Å². The third-order valence-electron chi connectivity index (χ3n) is 6.10. The highest BCUT2D eigenvalue weighted by atomic mass is 35.5. The zero-order chi connectivity index (χ0) is 18.5. The van der Waals surface area contributed by atoms with Crippen LogP contribution in [-0.4, -0.2) is 26.5 Å². The first kappa shape index (κ1) is 17.0. The van der Waals surface area contributed by atoms with E-state index in [1.807, 2.05) is 19.9 Å². The van der Waals surface area contributed by atoms with Crippen LogP contribution >= 0.6 is 11.6 Å². The summed E-state index contributed by atoms with van der Waals surface area (Å²) in [6.45, 7) is 4.81. The standard InChI is InChI=1S/C21H24ClN5/c1-12-23-13(2)25-21(24-12)27-9-8-16-17-11-15(22)6-7-18(17)26-20(16)19(27)10-14-4-3-5-14/h6-7,11,14,19,26H,3-5,8-10H2,1-2H3. The van der Waals surface area contributed by atoms with Crippen LogP contribution in [0.1, 0.15) is 54.6 Å². The molecule has 1 N–H and O–H groups in total. The monoisotopic (exact) mass is 381 g/mol. The molecule has 3 aromatic rings. The maximum Gasteiger partial charge on any atom is 0.229 e. The van der Waals surface area contributed by atoms with Crippen LogP contribution < -0.4 is 4.90 Å². The Hall–Kier alpha value is -2.14. The molecule has 5 rings (SSSR count). The van der Waals surface area contributed by atoms with Gasteiger partial charge in [0.25, 0.3) is 0 Å². The van der Waals surface area contributed by atoms with E-state index >= 15 is 0 Å². The Morgan fingerprint density at radius 3 is 2.63 bits per heavy atom. The fourth-order valence-electron chi connectivity index (χ4n) is 4.59. The lowest BCUT2D eigenvalue weighted by Crippen LogP contribution is -2.38. The van der Waals surface area contributed by atoms with Crippen molar-refractivity contribution in [1.82, 2.24) is 19.9 Å². The maximum absolute atomic E-state index is 6.28. The second-order valence-electron chi connectivity index (χ2n) is 7.93. The third kappa shape index (κ3) is 2.98. The lowest BCUT2D eigenvalue weighted by Gasteiger charge is -2.39. The average Bonchev–Trinajstić information content (AvgIpc) is 2.95. The molecule has 2 aromatic heterocycles. The number of nitrogens with one attached hydrogen (secondary N) is 1. The predicted octanol–water partition coefficient (Wildman–Crippen LogP) is 4.92. The molecule has 1 saturated carbocycles. The van der Waals surface area contributed by atoms with Crippen LogP contribution in [0.3, 0.4) is 0 Å². The molecule has 5 nitrogen and oxygen atoms in total. The van der Waals surface area contributed by atoms with Crippen molar-refractivity contribution < 1.29 is 0 Å². The quantitative estimate of drug-likeness (QED) is 0.699. The minimum absolute atomic E-state index is 0.284. The summed E-state index contributed by atoms with van der Waals surface area (Å²) < 4.78 is 0. The van der Waals surface area contributed by atoms with Gasteiger partial charge in [0, 0.05) is 28.2 Å². The molecule has 0 bridgehead atoms. The van der Waals surface area contributed by atoms with E-state index < -0.39 is 0 Å². The highest BCUT2D eigenvalue weighted by Gasteiger charge is 2.35. The molecule has 1 fully saturated rings. The van der Waals surface area contributed by atoms with Crippen molar-refractivity contribution >= 4 is 28.5 Å². The van der Waals surface area contributed by atoms with Gasteiger partial charge in [-0.15, -0.1) is 0 Å². The van der Waals surface area contributed by atoms with Gasteiger partial charge in [-0.3, -0.25) is 0 Å². The molecule has 0 radical (unpaired) electrons. The number of aryl methyl sites for hydroxylation is 2. The van der Waals surface area contributed by atoms with Crippen LogP contribution in [0, 0.1) is 19.8 Å². The molecular weight excluding hydrogens is 358 g/mol. The number of H-pyrrole nitrogens is 1. The van der Waals surface area contributed by atoms with Gasteiger partial charge < -0.3 is 9.88 Å². The summed E-state index contributed by atoms with van der Waals surface area (Å²) in [6, 6.07) is 6.44. The van der Waals surface area contributed by atoms with E-state index in [0.717, 1.165) is 47.9 Å². The number of aromatic nitrogens is 4. The molecule has 140 valence electrons. The van der Waals surface area contributed by atoms with Crippen LogP contribution in [0.15, 0.2) is 18.2 Å². The van der Waals surface area contributed by atoms with Gasteiger partial charge in [0.1, 0.15) is 11.6 Å². The Morgan fingerprint density at radius 2 is 1.93 bits per heavy atom. The molecule has 0 spiro atoms. The number of hydrogen-bond acceptors (Lipinski definition) is 4. The number of rotatable bonds is 3. The van der Waals surface area contributed by atoms with Crippen LogP contribution in [0.4, 0.5) is 5.95 Å². The fourth-order valence-corrected chi connectivity index (χ4v) is 4.77. The lowest BCUT2D eigenvalue weighted by molar-refractivity contribution is 0.267. The van der Waals surface area contributed by atoms with Gasteiger partial charge in [-0.2, -0.15) is 9.97 Å².